The fraction of sp³-hybridized carbons (Fsp3) is 1.00. The molecule has 2 heteroatoms. The highest BCUT2D eigenvalue weighted by Crippen LogP contribution is 2.29. The second-order valence-corrected chi connectivity index (χ2v) is 4.78. The van der Waals surface area contributed by atoms with E-state index in [1.54, 1.807) is 0 Å². The summed E-state index contributed by atoms with van der Waals surface area (Å²) in [5.74, 6) is 1.97. The number of likely N-dealkylation sites (tertiary alicyclic amines) is 2. The molecule has 76 valence electrons. The molecule has 2 fully saturated rings. The molecule has 0 N–H and O–H groups in total. The Kier molecular flexibility index (Phi) is 2.89. The maximum Gasteiger partial charge on any atom is 0.00250 e. The number of fused-ring (bicyclic) bond motifs is 1. The molecule has 0 radical (unpaired) electrons. The quantitative estimate of drug-likeness (QED) is 0.603. The average molecular weight is 182 g/mol. The number of hydrogen-bond acceptors (Lipinski definition) is 2. The van der Waals surface area contributed by atoms with E-state index in [9.17, 15) is 0 Å². The third-order valence-electron chi connectivity index (χ3n) is 3.76. The van der Waals surface area contributed by atoms with Crippen LogP contribution >= 0.6 is 0 Å². The Morgan fingerprint density at radius 3 is 2.69 bits per heavy atom. The van der Waals surface area contributed by atoms with Gasteiger partial charge in [-0.15, -0.1) is 0 Å². The molecule has 0 aromatic carbocycles. The zero-order valence-corrected chi connectivity index (χ0v) is 9.00. The van der Waals surface area contributed by atoms with Crippen LogP contribution in [0.4, 0.5) is 0 Å². The van der Waals surface area contributed by atoms with Gasteiger partial charge < -0.3 is 9.80 Å². The van der Waals surface area contributed by atoms with Crippen LogP contribution in [0.15, 0.2) is 0 Å². The molecule has 2 nitrogen and oxygen atoms in total. The van der Waals surface area contributed by atoms with Gasteiger partial charge in [-0.3, -0.25) is 0 Å². The van der Waals surface area contributed by atoms with E-state index in [0.29, 0.717) is 0 Å². The minimum atomic E-state index is 0.965. The van der Waals surface area contributed by atoms with Crippen LogP contribution in [0.3, 0.4) is 0 Å². The highest BCUT2D eigenvalue weighted by molar-refractivity contribution is 4.87. The maximum atomic E-state index is 2.62. The van der Waals surface area contributed by atoms with Gasteiger partial charge in [-0.1, -0.05) is 6.92 Å². The first-order valence-corrected chi connectivity index (χ1v) is 5.70. The minimum absolute atomic E-state index is 0.965. The van der Waals surface area contributed by atoms with Gasteiger partial charge in [0.2, 0.25) is 0 Å². The number of hydrogen-bond donors (Lipinski definition) is 0. The number of nitrogens with zero attached hydrogens (tertiary/aromatic N) is 2. The van der Waals surface area contributed by atoms with Crippen LogP contribution in [0.5, 0.6) is 0 Å². The van der Waals surface area contributed by atoms with Crippen molar-refractivity contribution in [3.05, 3.63) is 0 Å². The molecule has 0 aliphatic carbocycles. The fourth-order valence-corrected chi connectivity index (χ4v) is 2.94. The van der Waals surface area contributed by atoms with E-state index in [1.807, 2.05) is 0 Å². The predicted molar refractivity (Wildman–Crippen MR) is 55.8 cm³/mol. The Morgan fingerprint density at radius 2 is 1.92 bits per heavy atom. The van der Waals surface area contributed by atoms with Crippen molar-refractivity contribution in [3.8, 4) is 0 Å². The van der Waals surface area contributed by atoms with Gasteiger partial charge in [-0.2, -0.15) is 0 Å². The molecule has 0 bridgehead atoms. The van der Waals surface area contributed by atoms with Gasteiger partial charge in [0.15, 0.2) is 0 Å². The van der Waals surface area contributed by atoms with E-state index in [0.717, 1.165) is 11.8 Å². The molecule has 13 heavy (non-hydrogen) atoms. The summed E-state index contributed by atoms with van der Waals surface area (Å²) in [6, 6.07) is 0. The van der Waals surface area contributed by atoms with Crippen molar-refractivity contribution >= 4 is 0 Å². The van der Waals surface area contributed by atoms with Gasteiger partial charge in [-0.25, -0.2) is 0 Å². The van der Waals surface area contributed by atoms with Gasteiger partial charge in [0.25, 0.3) is 0 Å². The first kappa shape index (κ1) is 9.47. The lowest BCUT2D eigenvalue weighted by molar-refractivity contribution is 0.274. The molecule has 2 rings (SSSR count). The van der Waals surface area contributed by atoms with Crippen molar-refractivity contribution in [2.24, 2.45) is 11.8 Å². The van der Waals surface area contributed by atoms with Crippen molar-refractivity contribution < 1.29 is 0 Å². The van der Waals surface area contributed by atoms with E-state index in [1.165, 1.54) is 45.6 Å². The topological polar surface area (TPSA) is 6.48 Å². The van der Waals surface area contributed by atoms with Gasteiger partial charge in [0.1, 0.15) is 0 Å². The van der Waals surface area contributed by atoms with E-state index < -0.39 is 0 Å². The maximum absolute atomic E-state index is 2.62. The van der Waals surface area contributed by atoms with Crippen LogP contribution in [0.2, 0.25) is 0 Å². The van der Waals surface area contributed by atoms with Crippen LogP contribution in [0, 0.1) is 11.8 Å². The molecule has 0 aromatic rings. The molecular formula is C11H22N2. The summed E-state index contributed by atoms with van der Waals surface area (Å²) in [6.07, 6.45) is 2.88. The van der Waals surface area contributed by atoms with Crippen LogP contribution in [-0.4, -0.2) is 49.6 Å². The van der Waals surface area contributed by atoms with Crippen LogP contribution in [0.25, 0.3) is 0 Å². The summed E-state index contributed by atoms with van der Waals surface area (Å²) in [6.45, 7) is 8.91. The molecule has 2 unspecified atom stereocenters. The summed E-state index contributed by atoms with van der Waals surface area (Å²) in [5, 5.41) is 0. The van der Waals surface area contributed by atoms with Crippen molar-refractivity contribution in [3.63, 3.8) is 0 Å². The highest BCUT2D eigenvalue weighted by atomic mass is 15.2. The predicted octanol–water partition coefficient (Wildman–Crippen LogP) is 1.28. The summed E-state index contributed by atoms with van der Waals surface area (Å²) in [4.78, 5) is 5.14. The van der Waals surface area contributed by atoms with E-state index in [2.05, 4.69) is 23.8 Å². The number of rotatable bonds is 1. The zero-order chi connectivity index (χ0) is 9.26. The van der Waals surface area contributed by atoms with Gasteiger partial charge >= 0.3 is 0 Å². The van der Waals surface area contributed by atoms with E-state index in [4.69, 9.17) is 0 Å². The Morgan fingerprint density at radius 1 is 1.15 bits per heavy atom. The van der Waals surface area contributed by atoms with Crippen LogP contribution in [0.1, 0.15) is 19.8 Å². The van der Waals surface area contributed by atoms with E-state index in [-0.39, 0.29) is 0 Å². The third-order valence-corrected chi connectivity index (χ3v) is 3.76. The normalized spacial score (nSPS) is 37.4. The SMILES string of the molecule is CCN1CC2CCCN(C)CC2C1. The second kappa shape index (κ2) is 3.97. The summed E-state index contributed by atoms with van der Waals surface area (Å²) in [5.41, 5.74) is 0. The molecule has 0 saturated carbocycles. The molecule has 2 aliphatic heterocycles. The molecular weight excluding hydrogens is 160 g/mol. The first-order chi connectivity index (χ1) is 6.29. The second-order valence-electron chi connectivity index (χ2n) is 4.78. The summed E-state index contributed by atoms with van der Waals surface area (Å²) < 4.78 is 0. The Bertz CT molecular complexity index is 169. The highest BCUT2D eigenvalue weighted by Gasteiger charge is 2.33. The van der Waals surface area contributed by atoms with Crippen molar-refractivity contribution in [2.45, 2.75) is 19.8 Å². The Labute approximate surface area is 81.9 Å². The lowest BCUT2D eigenvalue weighted by atomic mass is 9.93. The first-order valence-electron chi connectivity index (χ1n) is 5.70. The molecule has 2 aliphatic rings. The monoisotopic (exact) mass is 182 g/mol. The lowest BCUT2D eigenvalue weighted by Crippen LogP contribution is -2.28. The molecule has 2 heterocycles. The molecule has 0 amide bonds. The molecule has 0 spiro atoms. The zero-order valence-electron chi connectivity index (χ0n) is 9.00. The Hall–Kier alpha value is -0.0800. The van der Waals surface area contributed by atoms with Crippen LogP contribution in [-0.2, 0) is 0 Å². The van der Waals surface area contributed by atoms with Gasteiger partial charge in [0, 0.05) is 19.6 Å². The van der Waals surface area contributed by atoms with E-state index >= 15 is 0 Å². The van der Waals surface area contributed by atoms with Crippen LogP contribution < -0.4 is 0 Å². The Balaban J connectivity index is 1.95. The minimum Gasteiger partial charge on any atom is -0.306 e. The fourth-order valence-electron chi connectivity index (χ4n) is 2.94. The third kappa shape index (κ3) is 2.05. The largest absolute Gasteiger partial charge is 0.306 e. The molecule has 2 atom stereocenters. The smallest absolute Gasteiger partial charge is 0.00250 e. The van der Waals surface area contributed by atoms with Gasteiger partial charge in [-0.05, 0) is 44.8 Å². The molecule has 2 saturated heterocycles. The van der Waals surface area contributed by atoms with Crippen molar-refractivity contribution in [2.75, 3.05) is 39.8 Å². The van der Waals surface area contributed by atoms with Gasteiger partial charge in [0.05, 0.1) is 0 Å². The van der Waals surface area contributed by atoms with Crippen molar-refractivity contribution in [1.82, 2.24) is 9.80 Å². The van der Waals surface area contributed by atoms with Crippen molar-refractivity contribution in [1.29, 1.82) is 0 Å². The molecule has 0 aromatic heterocycles. The summed E-state index contributed by atoms with van der Waals surface area (Å²) >= 11 is 0. The average Bonchev–Trinajstić information content (AvgIpc) is 2.41. The lowest BCUT2D eigenvalue weighted by Gasteiger charge is -2.19. The standard InChI is InChI=1S/C11H22N2/c1-3-13-8-10-5-4-6-12(2)7-11(10)9-13/h10-11H,3-9H2,1-2H3. The summed E-state index contributed by atoms with van der Waals surface area (Å²) in [7, 11) is 2.27.